The summed E-state index contributed by atoms with van der Waals surface area (Å²) in [7, 11) is 0. The minimum Gasteiger partial charge on any atom is -0.375 e. The predicted molar refractivity (Wildman–Crippen MR) is 46.7 cm³/mol. The van der Waals surface area contributed by atoms with Crippen molar-refractivity contribution in [3.05, 3.63) is 0 Å². The lowest BCUT2D eigenvalue weighted by Crippen LogP contribution is -2.39. The summed E-state index contributed by atoms with van der Waals surface area (Å²) in [6.45, 7) is 2.85. The van der Waals surface area contributed by atoms with Gasteiger partial charge in [-0.1, -0.05) is 15.9 Å². The Balaban J connectivity index is 0.000000640. The molecule has 1 heterocycles. The van der Waals surface area contributed by atoms with E-state index >= 15 is 0 Å². The maximum atomic E-state index is 5.32. The van der Waals surface area contributed by atoms with Crippen LogP contribution >= 0.6 is 32.9 Å². The number of alkyl halides is 1. The van der Waals surface area contributed by atoms with Gasteiger partial charge in [-0.3, -0.25) is 0 Å². The first-order valence-electron chi connectivity index (χ1n) is 2.82. The second-order valence-corrected chi connectivity index (χ2v) is 2.50. The SMILES string of the molecule is Br.BrCC1CNCCO1. The molecule has 0 aliphatic carbocycles. The molecular formula is C5H11Br2NO. The number of rotatable bonds is 1. The molecule has 56 valence electrons. The smallest absolute Gasteiger partial charge is 0.0796 e. The van der Waals surface area contributed by atoms with Crippen molar-refractivity contribution in [1.82, 2.24) is 5.32 Å². The Hall–Kier alpha value is 0.880. The molecule has 1 aliphatic rings. The van der Waals surface area contributed by atoms with Crippen molar-refractivity contribution >= 4 is 32.9 Å². The third kappa shape index (κ3) is 3.55. The Kier molecular flexibility index (Phi) is 6.20. The molecule has 1 atom stereocenters. The zero-order valence-corrected chi connectivity index (χ0v) is 8.40. The van der Waals surface area contributed by atoms with E-state index in [0.717, 1.165) is 25.0 Å². The first-order chi connectivity index (χ1) is 3.93. The molecule has 1 saturated heterocycles. The highest BCUT2D eigenvalue weighted by Crippen LogP contribution is 1.98. The molecule has 0 radical (unpaired) electrons. The van der Waals surface area contributed by atoms with E-state index in [9.17, 15) is 0 Å². The molecule has 1 N–H and O–H groups in total. The minimum atomic E-state index is 0. The second kappa shape index (κ2) is 5.65. The lowest BCUT2D eigenvalue weighted by atomic mass is 10.3. The fourth-order valence-electron chi connectivity index (χ4n) is 0.719. The number of hydrogen-bond acceptors (Lipinski definition) is 2. The van der Waals surface area contributed by atoms with Gasteiger partial charge < -0.3 is 10.1 Å². The van der Waals surface area contributed by atoms with Crippen molar-refractivity contribution < 1.29 is 4.74 Å². The van der Waals surface area contributed by atoms with Crippen LogP contribution in [0.1, 0.15) is 0 Å². The van der Waals surface area contributed by atoms with Gasteiger partial charge in [0, 0.05) is 18.4 Å². The maximum absolute atomic E-state index is 5.32. The van der Waals surface area contributed by atoms with E-state index in [1.54, 1.807) is 0 Å². The Morgan fingerprint density at radius 1 is 1.67 bits per heavy atom. The molecule has 0 aromatic heterocycles. The molecule has 0 aromatic carbocycles. The highest BCUT2D eigenvalue weighted by atomic mass is 79.9. The van der Waals surface area contributed by atoms with E-state index in [4.69, 9.17) is 4.74 Å². The number of hydrogen-bond donors (Lipinski definition) is 1. The fourth-order valence-corrected chi connectivity index (χ4v) is 1.13. The predicted octanol–water partition coefficient (Wildman–Crippen LogP) is 0.948. The van der Waals surface area contributed by atoms with E-state index in [-0.39, 0.29) is 17.0 Å². The molecule has 4 heteroatoms. The highest BCUT2D eigenvalue weighted by molar-refractivity contribution is 9.09. The average molecular weight is 261 g/mol. The molecule has 1 rings (SSSR count). The molecular weight excluding hydrogens is 250 g/mol. The van der Waals surface area contributed by atoms with Crippen LogP contribution in [-0.2, 0) is 4.74 Å². The molecule has 1 aliphatic heterocycles. The molecule has 0 bridgehead atoms. The third-order valence-corrected chi connectivity index (χ3v) is 1.90. The first kappa shape index (κ1) is 9.88. The normalized spacial score (nSPS) is 27.0. The Morgan fingerprint density at radius 3 is 2.78 bits per heavy atom. The Bertz CT molecular complexity index is 66.0. The summed E-state index contributed by atoms with van der Waals surface area (Å²) in [5.41, 5.74) is 0. The molecule has 1 unspecified atom stereocenters. The minimum absolute atomic E-state index is 0. The molecule has 0 amide bonds. The average Bonchev–Trinajstić information content (AvgIpc) is 1.90. The lowest BCUT2D eigenvalue weighted by molar-refractivity contribution is 0.0448. The van der Waals surface area contributed by atoms with Gasteiger partial charge >= 0.3 is 0 Å². The Morgan fingerprint density at radius 2 is 2.44 bits per heavy atom. The van der Waals surface area contributed by atoms with Crippen LogP contribution in [0.3, 0.4) is 0 Å². The summed E-state index contributed by atoms with van der Waals surface area (Å²) < 4.78 is 5.32. The van der Waals surface area contributed by atoms with Crippen molar-refractivity contribution in [3.8, 4) is 0 Å². The van der Waals surface area contributed by atoms with Crippen LogP contribution in [0.4, 0.5) is 0 Å². The quantitative estimate of drug-likeness (QED) is 0.709. The van der Waals surface area contributed by atoms with E-state index in [2.05, 4.69) is 21.2 Å². The fraction of sp³-hybridized carbons (Fsp3) is 1.00. The summed E-state index contributed by atoms with van der Waals surface area (Å²) in [6.07, 6.45) is 0.392. The van der Waals surface area contributed by atoms with Gasteiger partial charge in [-0.05, 0) is 0 Å². The standard InChI is InChI=1S/C5H10BrNO.BrH/c6-3-5-4-7-1-2-8-5;/h5,7H,1-4H2;1H. The summed E-state index contributed by atoms with van der Waals surface area (Å²) in [5, 5.41) is 4.18. The second-order valence-electron chi connectivity index (χ2n) is 1.85. The van der Waals surface area contributed by atoms with Gasteiger partial charge in [0.2, 0.25) is 0 Å². The number of nitrogens with one attached hydrogen (secondary N) is 1. The van der Waals surface area contributed by atoms with Crippen LogP contribution in [0.2, 0.25) is 0 Å². The molecule has 0 aromatic rings. The summed E-state index contributed by atoms with van der Waals surface area (Å²) in [4.78, 5) is 0. The van der Waals surface area contributed by atoms with Crippen LogP contribution in [0.25, 0.3) is 0 Å². The molecule has 0 spiro atoms. The van der Waals surface area contributed by atoms with Gasteiger partial charge in [0.15, 0.2) is 0 Å². The van der Waals surface area contributed by atoms with Gasteiger partial charge in [0.1, 0.15) is 0 Å². The van der Waals surface area contributed by atoms with Crippen molar-refractivity contribution in [1.29, 1.82) is 0 Å². The molecule has 2 nitrogen and oxygen atoms in total. The van der Waals surface area contributed by atoms with Gasteiger partial charge in [0.25, 0.3) is 0 Å². The maximum Gasteiger partial charge on any atom is 0.0796 e. The van der Waals surface area contributed by atoms with Crippen molar-refractivity contribution in [2.45, 2.75) is 6.10 Å². The van der Waals surface area contributed by atoms with E-state index in [1.165, 1.54) is 0 Å². The summed E-state index contributed by atoms with van der Waals surface area (Å²) >= 11 is 3.35. The summed E-state index contributed by atoms with van der Waals surface area (Å²) in [5.74, 6) is 0. The molecule has 0 saturated carbocycles. The van der Waals surface area contributed by atoms with E-state index in [1.807, 2.05) is 0 Å². The van der Waals surface area contributed by atoms with Crippen LogP contribution in [0.15, 0.2) is 0 Å². The number of ether oxygens (including phenoxy) is 1. The molecule has 1 fully saturated rings. The lowest BCUT2D eigenvalue weighted by Gasteiger charge is -2.21. The van der Waals surface area contributed by atoms with Crippen molar-refractivity contribution in [3.63, 3.8) is 0 Å². The number of morpholine rings is 1. The van der Waals surface area contributed by atoms with Crippen LogP contribution in [0.5, 0.6) is 0 Å². The van der Waals surface area contributed by atoms with Crippen molar-refractivity contribution in [2.75, 3.05) is 25.0 Å². The van der Waals surface area contributed by atoms with Crippen LogP contribution in [0, 0.1) is 0 Å². The zero-order chi connectivity index (χ0) is 5.82. The van der Waals surface area contributed by atoms with Gasteiger partial charge in [-0.25, -0.2) is 0 Å². The van der Waals surface area contributed by atoms with Gasteiger partial charge in [-0.2, -0.15) is 0 Å². The van der Waals surface area contributed by atoms with Gasteiger partial charge in [-0.15, -0.1) is 17.0 Å². The van der Waals surface area contributed by atoms with E-state index in [0.29, 0.717) is 6.10 Å². The van der Waals surface area contributed by atoms with Gasteiger partial charge in [0.05, 0.1) is 12.7 Å². The van der Waals surface area contributed by atoms with E-state index < -0.39 is 0 Å². The first-order valence-corrected chi connectivity index (χ1v) is 3.94. The monoisotopic (exact) mass is 259 g/mol. The summed E-state index contributed by atoms with van der Waals surface area (Å²) in [6, 6.07) is 0. The Labute approximate surface area is 74.2 Å². The topological polar surface area (TPSA) is 21.3 Å². The zero-order valence-electron chi connectivity index (χ0n) is 5.10. The third-order valence-electron chi connectivity index (χ3n) is 1.18. The van der Waals surface area contributed by atoms with Crippen LogP contribution < -0.4 is 5.32 Å². The molecule has 9 heavy (non-hydrogen) atoms. The highest BCUT2D eigenvalue weighted by Gasteiger charge is 2.09. The number of halogens is 2. The largest absolute Gasteiger partial charge is 0.375 e. The van der Waals surface area contributed by atoms with Crippen LogP contribution in [-0.4, -0.2) is 31.1 Å². The van der Waals surface area contributed by atoms with Crippen molar-refractivity contribution in [2.24, 2.45) is 0 Å².